The molecule has 0 aromatic heterocycles. The fourth-order valence-electron chi connectivity index (χ4n) is 2.57. The first-order valence-electron chi connectivity index (χ1n) is 6.63. The molecule has 1 saturated heterocycles. The highest BCUT2D eigenvalue weighted by Crippen LogP contribution is 2.29. The van der Waals surface area contributed by atoms with Crippen molar-refractivity contribution in [3.05, 3.63) is 23.8 Å². The van der Waals surface area contributed by atoms with E-state index in [0.29, 0.717) is 25.6 Å². The Hall–Kier alpha value is -1.75. The molecular formula is C14H20N2O3. The van der Waals surface area contributed by atoms with Crippen LogP contribution in [-0.2, 0) is 0 Å². The number of aromatic hydroxyl groups is 2. The molecule has 0 unspecified atom stereocenters. The fourth-order valence-corrected chi connectivity index (χ4v) is 2.57. The smallest absolute Gasteiger partial charge is 0.261 e. The van der Waals surface area contributed by atoms with Crippen molar-refractivity contribution in [2.75, 3.05) is 19.6 Å². The van der Waals surface area contributed by atoms with Crippen LogP contribution in [0.3, 0.4) is 0 Å². The van der Waals surface area contributed by atoms with Gasteiger partial charge in [-0.25, -0.2) is 0 Å². The second-order valence-corrected chi connectivity index (χ2v) is 4.98. The van der Waals surface area contributed by atoms with Crippen molar-refractivity contribution in [1.82, 2.24) is 4.90 Å². The number of hydrogen-bond acceptors (Lipinski definition) is 4. The molecule has 0 atom stereocenters. The minimum absolute atomic E-state index is 0.000208. The predicted molar refractivity (Wildman–Crippen MR) is 72.1 cm³/mol. The molecule has 1 heterocycles. The maximum atomic E-state index is 12.3. The molecule has 1 aliphatic heterocycles. The number of rotatable bonds is 3. The number of amides is 1. The van der Waals surface area contributed by atoms with Crippen LogP contribution in [-0.4, -0.2) is 40.7 Å². The summed E-state index contributed by atoms with van der Waals surface area (Å²) < 4.78 is 0. The lowest BCUT2D eigenvalue weighted by Gasteiger charge is -2.32. The van der Waals surface area contributed by atoms with E-state index in [0.717, 1.165) is 19.3 Å². The third kappa shape index (κ3) is 2.98. The van der Waals surface area contributed by atoms with Crippen molar-refractivity contribution >= 4 is 5.91 Å². The summed E-state index contributed by atoms with van der Waals surface area (Å²) in [4.78, 5) is 14.0. The maximum absolute atomic E-state index is 12.3. The molecule has 5 heteroatoms. The molecule has 19 heavy (non-hydrogen) atoms. The van der Waals surface area contributed by atoms with E-state index in [2.05, 4.69) is 0 Å². The Balaban J connectivity index is 2.05. The molecule has 0 aliphatic carbocycles. The summed E-state index contributed by atoms with van der Waals surface area (Å²) in [6.45, 7) is 1.98. The second-order valence-electron chi connectivity index (χ2n) is 4.98. The van der Waals surface area contributed by atoms with Gasteiger partial charge in [0.1, 0.15) is 17.1 Å². The molecule has 1 aromatic rings. The normalized spacial score (nSPS) is 16.6. The molecule has 1 aliphatic rings. The van der Waals surface area contributed by atoms with Gasteiger partial charge in [0.05, 0.1) is 0 Å². The number of nitrogens with zero attached hydrogens (tertiary/aromatic N) is 1. The highest BCUT2D eigenvalue weighted by molar-refractivity contribution is 5.99. The van der Waals surface area contributed by atoms with Gasteiger partial charge >= 0.3 is 0 Å². The highest BCUT2D eigenvalue weighted by Gasteiger charge is 2.26. The Morgan fingerprint density at radius 1 is 1.26 bits per heavy atom. The van der Waals surface area contributed by atoms with Gasteiger partial charge in [-0.1, -0.05) is 6.07 Å². The maximum Gasteiger partial charge on any atom is 0.261 e. The number of benzene rings is 1. The molecule has 0 radical (unpaired) electrons. The van der Waals surface area contributed by atoms with Crippen LogP contribution >= 0.6 is 0 Å². The quantitative estimate of drug-likeness (QED) is 0.768. The summed E-state index contributed by atoms with van der Waals surface area (Å²) in [5.74, 6) is -0.0722. The van der Waals surface area contributed by atoms with Gasteiger partial charge < -0.3 is 20.8 Å². The molecule has 0 bridgehead atoms. The minimum atomic E-state index is -0.304. The van der Waals surface area contributed by atoms with Crippen molar-refractivity contribution in [2.24, 2.45) is 11.7 Å². The van der Waals surface area contributed by atoms with E-state index in [1.165, 1.54) is 18.2 Å². The van der Waals surface area contributed by atoms with E-state index in [-0.39, 0.29) is 23.0 Å². The van der Waals surface area contributed by atoms with Crippen LogP contribution in [0.4, 0.5) is 0 Å². The van der Waals surface area contributed by atoms with Crippen molar-refractivity contribution in [3.63, 3.8) is 0 Å². The third-order valence-corrected chi connectivity index (χ3v) is 3.71. The van der Waals surface area contributed by atoms with E-state index in [9.17, 15) is 15.0 Å². The van der Waals surface area contributed by atoms with Crippen LogP contribution in [0, 0.1) is 5.92 Å². The summed E-state index contributed by atoms with van der Waals surface area (Å²) in [5.41, 5.74) is 5.54. The average molecular weight is 264 g/mol. The SMILES string of the molecule is NCCC1CCN(C(=O)c2c(O)cccc2O)CC1. The van der Waals surface area contributed by atoms with Gasteiger partial charge in [0.25, 0.3) is 5.91 Å². The topological polar surface area (TPSA) is 86.8 Å². The van der Waals surface area contributed by atoms with E-state index in [1.807, 2.05) is 0 Å². The van der Waals surface area contributed by atoms with Crippen LogP contribution < -0.4 is 5.73 Å². The number of hydrogen-bond donors (Lipinski definition) is 3. The van der Waals surface area contributed by atoms with Crippen LogP contribution in [0.15, 0.2) is 18.2 Å². The highest BCUT2D eigenvalue weighted by atomic mass is 16.3. The molecular weight excluding hydrogens is 244 g/mol. The number of carbonyl (C=O) groups is 1. The van der Waals surface area contributed by atoms with E-state index in [4.69, 9.17) is 5.73 Å². The molecule has 2 rings (SSSR count). The van der Waals surface area contributed by atoms with Crippen molar-refractivity contribution in [2.45, 2.75) is 19.3 Å². The fraction of sp³-hybridized carbons (Fsp3) is 0.500. The molecule has 104 valence electrons. The summed E-state index contributed by atoms with van der Waals surface area (Å²) >= 11 is 0. The molecule has 4 N–H and O–H groups in total. The number of phenols is 2. The molecule has 5 nitrogen and oxygen atoms in total. The molecule has 0 spiro atoms. The van der Waals surface area contributed by atoms with Crippen LogP contribution in [0.1, 0.15) is 29.6 Å². The van der Waals surface area contributed by atoms with Gasteiger partial charge in [0.2, 0.25) is 0 Å². The number of piperidine rings is 1. The zero-order chi connectivity index (χ0) is 13.8. The first-order valence-corrected chi connectivity index (χ1v) is 6.63. The molecule has 1 aromatic carbocycles. The summed E-state index contributed by atoms with van der Waals surface area (Å²) in [7, 11) is 0. The lowest BCUT2D eigenvalue weighted by Crippen LogP contribution is -2.38. The Kier molecular flexibility index (Phi) is 4.27. The molecule has 0 saturated carbocycles. The van der Waals surface area contributed by atoms with Gasteiger partial charge in [-0.05, 0) is 43.9 Å². The monoisotopic (exact) mass is 264 g/mol. The number of nitrogens with two attached hydrogens (primary N) is 1. The first-order chi connectivity index (χ1) is 9.13. The summed E-state index contributed by atoms with van der Waals surface area (Å²) in [6.07, 6.45) is 2.85. The number of carbonyl (C=O) groups excluding carboxylic acids is 1. The lowest BCUT2D eigenvalue weighted by atomic mass is 9.93. The second kappa shape index (κ2) is 5.93. The Labute approximate surface area is 112 Å². The number of phenolic OH excluding ortho intramolecular Hbond substituents is 2. The van der Waals surface area contributed by atoms with Crippen LogP contribution in [0.25, 0.3) is 0 Å². The van der Waals surface area contributed by atoms with Crippen LogP contribution in [0.2, 0.25) is 0 Å². The summed E-state index contributed by atoms with van der Waals surface area (Å²) in [6, 6.07) is 4.33. The van der Waals surface area contributed by atoms with Crippen molar-refractivity contribution < 1.29 is 15.0 Å². The largest absolute Gasteiger partial charge is 0.507 e. The average Bonchev–Trinajstić information content (AvgIpc) is 2.39. The summed E-state index contributed by atoms with van der Waals surface area (Å²) in [5, 5.41) is 19.4. The Bertz CT molecular complexity index is 434. The van der Waals surface area contributed by atoms with Gasteiger partial charge in [-0.3, -0.25) is 4.79 Å². The zero-order valence-corrected chi connectivity index (χ0v) is 10.9. The lowest BCUT2D eigenvalue weighted by molar-refractivity contribution is 0.0682. The van der Waals surface area contributed by atoms with Gasteiger partial charge in [-0.15, -0.1) is 0 Å². The number of likely N-dealkylation sites (tertiary alicyclic amines) is 1. The van der Waals surface area contributed by atoms with Crippen LogP contribution in [0.5, 0.6) is 11.5 Å². The predicted octanol–water partition coefficient (Wildman–Crippen LogP) is 1.30. The van der Waals surface area contributed by atoms with Crippen molar-refractivity contribution in [1.29, 1.82) is 0 Å². The standard InChI is InChI=1S/C14H20N2O3/c15-7-4-10-5-8-16(9-6-10)14(19)13-11(17)2-1-3-12(13)18/h1-3,10,17-18H,4-9,15H2. The Morgan fingerprint density at radius 2 is 1.84 bits per heavy atom. The molecule has 1 fully saturated rings. The molecule has 1 amide bonds. The van der Waals surface area contributed by atoms with E-state index < -0.39 is 0 Å². The van der Waals surface area contributed by atoms with Gasteiger partial charge in [0.15, 0.2) is 0 Å². The van der Waals surface area contributed by atoms with E-state index >= 15 is 0 Å². The zero-order valence-electron chi connectivity index (χ0n) is 10.9. The van der Waals surface area contributed by atoms with Gasteiger partial charge in [-0.2, -0.15) is 0 Å². The first kappa shape index (κ1) is 13.7. The van der Waals surface area contributed by atoms with Crippen molar-refractivity contribution in [3.8, 4) is 11.5 Å². The third-order valence-electron chi connectivity index (χ3n) is 3.71. The van der Waals surface area contributed by atoms with E-state index in [1.54, 1.807) is 4.90 Å². The Morgan fingerprint density at radius 3 is 2.37 bits per heavy atom. The minimum Gasteiger partial charge on any atom is -0.507 e. The van der Waals surface area contributed by atoms with Gasteiger partial charge in [0, 0.05) is 13.1 Å².